The number of nitriles is 1. The van der Waals surface area contributed by atoms with Crippen molar-refractivity contribution in [3.05, 3.63) is 22.3 Å². The molecule has 1 aromatic rings. The van der Waals surface area contributed by atoms with Crippen molar-refractivity contribution in [3.63, 3.8) is 0 Å². The second-order valence-corrected chi connectivity index (χ2v) is 5.38. The van der Waals surface area contributed by atoms with Crippen LogP contribution in [0.2, 0.25) is 10.0 Å². The molecular formula is C13H16Cl2N4. The number of hydrogen-bond donors (Lipinski definition) is 0. The fourth-order valence-electron chi connectivity index (χ4n) is 2.32. The van der Waals surface area contributed by atoms with Crippen LogP contribution in [-0.4, -0.2) is 42.1 Å². The van der Waals surface area contributed by atoms with E-state index in [-0.39, 0.29) is 6.04 Å². The molecule has 2 rings (SSSR count). The quantitative estimate of drug-likeness (QED) is 0.861. The third-order valence-electron chi connectivity index (χ3n) is 3.38. The molecule has 0 spiro atoms. The molecule has 1 saturated heterocycles. The lowest BCUT2D eigenvalue weighted by Crippen LogP contribution is -2.50. The van der Waals surface area contributed by atoms with Gasteiger partial charge >= 0.3 is 0 Å². The summed E-state index contributed by atoms with van der Waals surface area (Å²) in [7, 11) is 0. The summed E-state index contributed by atoms with van der Waals surface area (Å²) in [5, 5.41) is 10.2. The van der Waals surface area contributed by atoms with E-state index >= 15 is 0 Å². The molecule has 102 valence electrons. The predicted molar refractivity (Wildman–Crippen MR) is 77.7 cm³/mol. The number of halogens is 2. The Morgan fingerprint density at radius 1 is 1.37 bits per heavy atom. The Hall–Kier alpha value is -1.02. The van der Waals surface area contributed by atoms with Gasteiger partial charge in [-0.2, -0.15) is 5.26 Å². The van der Waals surface area contributed by atoms with Crippen LogP contribution >= 0.6 is 23.2 Å². The van der Waals surface area contributed by atoms with E-state index in [0.717, 1.165) is 38.4 Å². The first-order valence-electron chi connectivity index (χ1n) is 6.35. The molecule has 0 amide bonds. The van der Waals surface area contributed by atoms with Gasteiger partial charge in [0, 0.05) is 32.4 Å². The molecule has 6 heteroatoms. The fraction of sp³-hybridized carbons (Fsp3) is 0.538. The van der Waals surface area contributed by atoms with Crippen LogP contribution in [-0.2, 0) is 0 Å². The first-order valence-corrected chi connectivity index (χ1v) is 7.11. The van der Waals surface area contributed by atoms with Crippen LogP contribution in [0.15, 0.2) is 12.3 Å². The minimum Gasteiger partial charge on any atom is -0.353 e. The maximum atomic E-state index is 9.08. The second-order valence-electron chi connectivity index (χ2n) is 4.54. The van der Waals surface area contributed by atoms with Gasteiger partial charge in [-0.3, -0.25) is 4.90 Å². The molecule has 1 atom stereocenters. The number of hydrogen-bond acceptors (Lipinski definition) is 4. The first-order chi connectivity index (χ1) is 9.15. The lowest BCUT2D eigenvalue weighted by Gasteiger charge is -2.37. The zero-order valence-corrected chi connectivity index (χ0v) is 12.3. The van der Waals surface area contributed by atoms with Crippen LogP contribution in [0.5, 0.6) is 0 Å². The second kappa shape index (κ2) is 6.42. The van der Waals surface area contributed by atoms with Gasteiger partial charge in [-0.1, -0.05) is 30.1 Å². The summed E-state index contributed by atoms with van der Waals surface area (Å²) in [4.78, 5) is 8.64. The average molecular weight is 299 g/mol. The Labute approximate surface area is 123 Å². The standard InChI is InChI=1S/C13H16Cl2N4/c1-2-11(8-16)18-3-5-19(6-4-18)13-12(15)7-10(14)9-17-13/h7,9,11H,2-6H2,1H3. The van der Waals surface area contributed by atoms with Crippen LogP contribution in [0.4, 0.5) is 5.82 Å². The van der Waals surface area contributed by atoms with Crippen molar-refractivity contribution in [1.82, 2.24) is 9.88 Å². The van der Waals surface area contributed by atoms with E-state index < -0.39 is 0 Å². The van der Waals surface area contributed by atoms with E-state index in [0.29, 0.717) is 10.0 Å². The van der Waals surface area contributed by atoms with Crippen molar-refractivity contribution in [3.8, 4) is 6.07 Å². The van der Waals surface area contributed by atoms with Crippen molar-refractivity contribution in [2.45, 2.75) is 19.4 Å². The lowest BCUT2D eigenvalue weighted by atomic mass is 10.2. The number of piperazine rings is 1. The summed E-state index contributed by atoms with van der Waals surface area (Å²) in [6, 6.07) is 4.06. The van der Waals surface area contributed by atoms with Gasteiger partial charge in [0.15, 0.2) is 0 Å². The van der Waals surface area contributed by atoms with Gasteiger partial charge in [0.2, 0.25) is 0 Å². The van der Waals surface area contributed by atoms with Gasteiger partial charge in [0.1, 0.15) is 5.82 Å². The molecule has 1 aliphatic heterocycles. The van der Waals surface area contributed by atoms with Crippen LogP contribution in [0.25, 0.3) is 0 Å². The summed E-state index contributed by atoms with van der Waals surface area (Å²) in [6.07, 6.45) is 2.47. The molecule has 0 aromatic carbocycles. The Bertz CT molecular complexity index is 478. The average Bonchev–Trinajstić information content (AvgIpc) is 2.41. The Kier molecular flexibility index (Phi) is 4.87. The smallest absolute Gasteiger partial charge is 0.147 e. The largest absolute Gasteiger partial charge is 0.353 e. The molecule has 0 saturated carbocycles. The normalized spacial score (nSPS) is 18.1. The highest BCUT2D eigenvalue weighted by Crippen LogP contribution is 2.27. The zero-order valence-electron chi connectivity index (χ0n) is 10.8. The highest BCUT2D eigenvalue weighted by atomic mass is 35.5. The molecule has 0 N–H and O–H groups in total. The van der Waals surface area contributed by atoms with E-state index in [1.54, 1.807) is 12.3 Å². The number of aromatic nitrogens is 1. The van der Waals surface area contributed by atoms with Crippen LogP contribution in [0, 0.1) is 11.3 Å². The molecule has 0 radical (unpaired) electrons. The van der Waals surface area contributed by atoms with Crippen LogP contribution in [0.3, 0.4) is 0 Å². The van der Waals surface area contributed by atoms with Crippen molar-refractivity contribution >= 4 is 29.0 Å². The molecule has 19 heavy (non-hydrogen) atoms. The molecular weight excluding hydrogens is 283 g/mol. The third-order valence-corrected chi connectivity index (χ3v) is 3.86. The maximum Gasteiger partial charge on any atom is 0.147 e. The number of nitrogens with zero attached hydrogens (tertiary/aromatic N) is 4. The van der Waals surface area contributed by atoms with Gasteiger partial charge in [-0.05, 0) is 12.5 Å². The molecule has 1 fully saturated rings. The van der Waals surface area contributed by atoms with Crippen molar-refractivity contribution in [2.24, 2.45) is 0 Å². The summed E-state index contributed by atoms with van der Waals surface area (Å²) in [6.45, 7) is 5.40. The number of anilines is 1. The van der Waals surface area contributed by atoms with E-state index in [2.05, 4.69) is 20.9 Å². The minimum atomic E-state index is 0.01000. The molecule has 1 aromatic heterocycles. The molecule has 0 bridgehead atoms. The van der Waals surface area contributed by atoms with E-state index in [9.17, 15) is 0 Å². The summed E-state index contributed by atoms with van der Waals surface area (Å²) < 4.78 is 0. The number of pyridine rings is 1. The zero-order chi connectivity index (χ0) is 13.8. The molecule has 4 nitrogen and oxygen atoms in total. The van der Waals surface area contributed by atoms with Crippen molar-refractivity contribution < 1.29 is 0 Å². The highest BCUT2D eigenvalue weighted by molar-refractivity contribution is 6.36. The Balaban J connectivity index is 2.02. The van der Waals surface area contributed by atoms with E-state index in [4.69, 9.17) is 28.5 Å². The predicted octanol–water partition coefficient (Wildman–Crippen LogP) is 2.81. The van der Waals surface area contributed by atoms with E-state index in [1.165, 1.54) is 0 Å². The van der Waals surface area contributed by atoms with Crippen molar-refractivity contribution in [1.29, 1.82) is 5.26 Å². The van der Waals surface area contributed by atoms with Gasteiger partial charge in [0.05, 0.1) is 22.2 Å². The maximum absolute atomic E-state index is 9.08. The van der Waals surface area contributed by atoms with Gasteiger partial charge in [-0.25, -0.2) is 4.98 Å². The monoisotopic (exact) mass is 298 g/mol. The third kappa shape index (κ3) is 3.30. The van der Waals surface area contributed by atoms with Crippen molar-refractivity contribution in [2.75, 3.05) is 31.1 Å². The summed E-state index contributed by atoms with van der Waals surface area (Å²) in [5.41, 5.74) is 0. The lowest BCUT2D eigenvalue weighted by molar-refractivity contribution is 0.216. The van der Waals surface area contributed by atoms with E-state index in [1.807, 2.05) is 6.92 Å². The molecule has 0 aliphatic carbocycles. The summed E-state index contributed by atoms with van der Waals surface area (Å²) >= 11 is 12.0. The van der Waals surface area contributed by atoms with Gasteiger partial charge < -0.3 is 4.90 Å². The molecule has 1 unspecified atom stereocenters. The Morgan fingerprint density at radius 3 is 2.58 bits per heavy atom. The first kappa shape index (κ1) is 14.4. The Morgan fingerprint density at radius 2 is 2.05 bits per heavy atom. The molecule has 1 aliphatic rings. The SMILES string of the molecule is CCC(C#N)N1CCN(c2ncc(Cl)cc2Cl)CC1. The minimum absolute atomic E-state index is 0.01000. The number of rotatable bonds is 3. The molecule has 2 heterocycles. The topological polar surface area (TPSA) is 43.2 Å². The fourth-order valence-corrected chi connectivity index (χ4v) is 2.82. The van der Waals surface area contributed by atoms with Gasteiger partial charge in [0.25, 0.3) is 0 Å². The van der Waals surface area contributed by atoms with Crippen LogP contribution in [0.1, 0.15) is 13.3 Å². The van der Waals surface area contributed by atoms with Crippen LogP contribution < -0.4 is 4.90 Å². The van der Waals surface area contributed by atoms with Gasteiger partial charge in [-0.15, -0.1) is 0 Å². The highest BCUT2D eigenvalue weighted by Gasteiger charge is 2.24. The summed E-state index contributed by atoms with van der Waals surface area (Å²) in [5.74, 6) is 0.774.